The fraction of sp³-hybridized carbons (Fsp3) is 0.533. The minimum atomic E-state index is -3.74. The quantitative estimate of drug-likeness (QED) is 0.788. The number of carboxylic acids is 1. The second kappa shape index (κ2) is 7.35. The van der Waals surface area contributed by atoms with Crippen LogP contribution in [-0.2, 0) is 14.6 Å². The van der Waals surface area contributed by atoms with E-state index in [2.05, 4.69) is 5.32 Å². The summed E-state index contributed by atoms with van der Waals surface area (Å²) in [7, 11) is -3.74. The van der Waals surface area contributed by atoms with Gasteiger partial charge in [0.2, 0.25) is 0 Å². The van der Waals surface area contributed by atoms with Gasteiger partial charge in [0.25, 0.3) is 0 Å². The van der Waals surface area contributed by atoms with Crippen molar-refractivity contribution in [2.24, 2.45) is 5.41 Å². The highest BCUT2D eigenvalue weighted by atomic mass is 32.2. The number of benzene rings is 1. The lowest BCUT2D eigenvalue weighted by molar-refractivity contribution is -0.134. The first kappa shape index (κ1) is 19.5. The lowest BCUT2D eigenvalue weighted by atomic mass is 9.82. The number of rotatable bonds is 7. The van der Waals surface area contributed by atoms with Crippen LogP contribution in [0, 0.1) is 17.0 Å². The topological polar surface area (TPSA) is 83.5 Å². The van der Waals surface area contributed by atoms with Crippen molar-refractivity contribution in [2.75, 3.05) is 18.1 Å². The molecule has 0 spiro atoms. The molecule has 0 aliphatic heterocycles. The smallest absolute Gasteiger partial charge is 0.318 e. The highest BCUT2D eigenvalue weighted by Gasteiger charge is 2.29. The van der Waals surface area contributed by atoms with Gasteiger partial charge in [0.1, 0.15) is 17.4 Å². The molecule has 0 aromatic heterocycles. The number of hydrogen-bond donors (Lipinski definition) is 2. The van der Waals surface area contributed by atoms with Crippen LogP contribution in [0.2, 0.25) is 0 Å². The van der Waals surface area contributed by atoms with E-state index in [1.165, 1.54) is 6.07 Å². The first-order valence-corrected chi connectivity index (χ1v) is 8.85. The Kier molecular flexibility index (Phi) is 6.24. The normalized spacial score (nSPS) is 13.8. The first-order chi connectivity index (χ1) is 10.4. The van der Waals surface area contributed by atoms with Crippen LogP contribution < -0.4 is 5.32 Å². The summed E-state index contributed by atoms with van der Waals surface area (Å²) in [6, 6.07) is 2.68. The molecule has 2 N–H and O–H groups in total. The Labute approximate surface area is 134 Å². The molecule has 0 radical (unpaired) electrons. The van der Waals surface area contributed by atoms with Crippen molar-refractivity contribution < 1.29 is 27.1 Å². The molecule has 5 nitrogen and oxygen atoms in total. The molecule has 1 aromatic rings. The number of nitrogens with one attached hydrogen (secondary N) is 1. The standard InChI is InChI=1S/C15H21F2NO4S/c1-15(2,3)14(11-5-4-10(16)8-12(11)17)18-6-7-23(21,22)9-13(19)20/h4-5,8,14,18H,6-7,9H2,1-3H3,(H,19,20). The van der Waals surface area contributed by atoms with Gasteiger partial charge in [-0.1, -0.05) is 26.8 Å². The number of halogens is 2. The van der Waals surface area contributed by atoms with Crippen LogP contribution in [0.15, 0.2) is 18.2 Å². The Hall–Kier alpha value is -1.54. The highest BCUT2D eigenvalue weighted by molar-refractivity contribution is 7.92. The molecule has 0 bridgehead atoms. The molecule has 0 aliphatic rings. The van der Waals surface area contributed by atoms with E-state index >= 15 is 0 Å². The predicted octanol–water partition coefficient (Wildman–Crippen LogP) is 2.14. The van der Waals surface area contributed by atoms with E-state index in [-0.39, 0.29) is 17.9 Å². The van der Waals surface area contributed by atoms with Crippen LogP contribution >= 0.6 is 0 Å². The third-order valence-corrected chi connectivity index (χ3v) is 4.76. The zero-order valence-corrected chi connectivity index (χ0v) is 14.1. The van der Waals surface area contributed by atoms with Crippen LogP contribution in [0.5, 0.6) is 0 Å². The Balaban J connectivity index is 2.88. The van der Waals surface area contributed by atoms with Crippen molar-refractivity contribution in [3.8, 4) is 0 Å². The first-order valence-electron chi connectivity index (χ1n) is 7.03. The average molecular weight is 349 g/mol. The summed E-state index contributed by atoms with van der Waals surface area (Å²) >= 11 is 0. The molecular formula is C15H21F2NO4S. The van der Waals surface area contributed by atoms with Crippen LogP contribution in [0.4, 0.5) is 8.78 Å². The van der Waals surface area contributed by atoms with Crippen molar-refractivity contribution in [2.45, 2.75) is 26.8 Å². The van der Waals surface area contributed by atoms with E-state index in [4.69, 9.17) is 5.11 Å². The maximum atomic E-state index is 14.0. The second-order valence-corrected chi connectivity index (χ2v) is 8.59. The predicted molar refractivity (Wildman–Crippen MR) is 82.8 cm³/mol. The fourth-order valence-corrected chi connectivity index (χ4v) is 3.19. The zero-order valence-electron chi connectivity index (χ0n) is 13.3. The third-order valence-electron chi connectivity index (χ3n) is 3.24. The lowest BCUT2D eigenvalue weighted by Crippen LogP contribution is -2.36. The van der Waals surface area contributed by atoms with Gasteiger partial charge >= 0.3 is 5.97 Å². The molecule has 0 fully saturated rings. The Morgan fingerprint density at radius 1 is 1.30 bits per heavy atom. The van der Waals surface area contributed by atoms with E-state index in [0.717, 1.165) is 12.1 Å². The van der Waals surface area contributed by atoms with Gasteiger partial charge in [-0.25, -0.2) is 17.2 Å². The van der Waals surface area contributed by atoms with Gasteiger partial charge in [-0.05, 0) is 11.5 Å². The SMILES string of the molecule is CC(C)(C)C(NCCS(=O)(=O)CC(=O)O)c1ccc(F)cc1F. The van der Waals surface area contributed by atoms with Crippen LogP contribution in [0.1, 0.15) is 32.4 Å². The molecule has 130 valence electrons. The third kappa shape index (κ3) is 6.23. The minimum absolute atomic E-state index is 0.0334. The highest BCUT2D eigenvalue weighted by Crippen LogP contribution is 2.34. The molecule has 0 saturated heterocycles. The number of hydrogen-bond acceptors (Lipinski definition) is 4. The van der Waals surface area contributed by atoms with Crippen LogP contribution in [0.3, 0.4) is 0 Å². The number of carbonyl (C=O) groups is 1. The summed E-state index contributed by atoms with van der Waals surface area (Å²) in [5.41, 5.74) is -0.232. The average Bonchev–Trinajstić information content (AvgIpc) is 2.32. The number of sulfone groups is 1. The molecule has 8 heteroatoms. The monoisotopic (exact) mass is 349 g/mol. The number of aliphatic carboxylic acids is 1. The molecule has 0 heterocycles. The molecule has 0 amide bonds. The minimum Gasteiger partial charge on any atom is -0.480 e. The summed E-state index contributed by atoms with van der Waals surface area (Å²) in [5, 5.41) is 11.5. The van der Waals surface area contributed by atoms with E-state index in [9.17, 15) is 22.0 Å². The molecule has 1 rings (SSSR count). The van der Waals surface area contributed by atoms with Gasteiger partial charge < -0.3 is 10.4 Å². The number of carboxylic acid groups (broad SMARTS) is 1. The van der Waals surface area contributed by atoms with E-state index in [0.29, 0.717) is 0 Å². The maximum absolute atomic E-state index is 14.0. The largest absolute Gasteiger partial charge is 0.480 e. The summed E-state index contributed by atoms with van der Waals surface area (Å²) in [6.45, 7) is 5.46. The fourth-order valence-electron chi connectivity index (χ4n) is 2.24. The van der Waals surface area contributed by atoms with Gasteiger partial charge in [0.05, 0.1) is 5.75 Å². The Morgan fingerprint density at radius 2 is 1.91 bits per heavy atom. The summed E-state index contributed by atoms with van der Waals surface area (Å²) in [5.74, 6) is -4.15. The molecule has 0 saturated carbocycles. The molecule has 23 heavy (non-hydrogen) atoms. The van der Waals surface area contributed by atoms with Crippen LogP contribution in [-0.4, -0.2) is 37.5 Å². The maximum Gasteiger partial charge on any atom is 0.318 e. The lowest BCUT2D eigenvalue weighted by Gasteiger charge is -2.32. The van der Waals surface area contributed by atoms with Gasteiger partial charge in [-0.3, -0.25) is 4.79 Å². The summed E-state index contributed by atoms with van der Waals surface area (Å²) < 4.78 is 50.2. The van der Waals surface area contributed by atoms with Crippen molar-refractivity contribution in [3.05, 3.63) is 35.4 Å². The van der Waals surface area contributed by atoms with Gasteiger partial charge in [0, 0.05) is 24.2 Å². The van der Waals surface area contributed by atoms with Crippen molar-refractivity contribution in [1.29, 1.82) is 0 Å². The van der Waals surface area contributed by atoms with Crippen molar-refractivity contribution in [1.82, 2.24) is 5.32 Å². The zero-order chi connectivity index (χ0) is 17.8. The van der Waals surface area contributed by atoms with Gasteiger partial charge in [0.15, 0.2) is 9.84 Å². The van der Waals surface area contributed by atoms with Crippen molar-refractivity contribution in [3.63, 3.8) is 0 Å². The summed E-state index contributed by atoms with van der Waals surface area (Å²) in [6.07, 6.45) is 0. The van der Waals surface area contributed by atoms with Crippen LogP contribution in [0.25, 0.3) is 0 Å². The Bertz CT molecular complexity index is 669. The van der Waals surface area contributed by atoms with Gasteiger partial charge in [-0.15, -0.1) is 0 Å². The molecule has 0 aliphatic carbocycles. The molecular weight excluding hydrogens is 328 g/mol. The van der Waals surface area contributed by atoms with E-state index < -0.39 is 44.7 Å². The molecule has 1 unspecified atom stereocenters. The van der Waals surface area contributed by atoms with E-state index in [1.54, 1.807) is 0 Å². The van der Waals surface area contributed by atoms with Crippen molar-refractivity contribution >= 4 is 15.8 Å². The summed E-state index contributed by atoms with van der Waals surface area (Å²) in [4.78, 5) is 10.5. The molecule has 1 atom stereocenters. The van der Waals surface area contributed by atoms with E-state index in [1.807, 2.05) is 20.8 Å². The Morgan fingerprint density at radius 3 is 2.39 bits per heavy atom. The second-order valence-electron chi connectivity index (χ2n) is 6.40. The van der Waals surface area contributed by atoms with Gasteiger partial charge in [-0.2, -0.15) is 0 Å². The molecule has 1 aromatic carbocycles.